The third kappa shape index (κ3) is 15.6. The summed E-state index contributed by atoms with van der Waals surface area (Å²) < 4.78 is 2.42. The molecule has 1 nitrogen and oxygen atoms in total. The summed E-state index contributed by atoms with van der Waals surface area (Å²) in [5, 5.41) is 0. The monoisotopic (exact) mass is 430 g/mol. The zero-order chi connectivity index (χ0) is 22.4. The van der Waals surface area contributed by atoms with E-state index in [0.29, 0.717) is 0 Å². The quantitative estimate of drug-likeness (QED) is 0.127. The lowest BCUT2D eigenvalue weighted by atomic mass is 9.97. The van der Waals surface area contributed by atoms with Crippen LogP contribution in [0.5, 0.6) is 0 Å². The number of pyridine rings is 1. The number of hydrogen-bond donors (Lipinski definition) is 0. The fourth-order valence-electron chi connectivity index (χ4n) is 4.74. The first-order chi connectivity index (χ1) is 15.3. The van der Waals surface area contributed by atoms with Gasteiger partial charge in [-0.2, -0.15) is 0 Å². The summed E-state index contributed by atoms with van der Waals surface area (Å²) in [6, 6.07) is 2.43. The van der Waals surface area contributed by atoms with Gasteiger partial charge in [-0.15, -0.1) is 0 Å². The van der Waals surface area contributed by atoms with E-state index in [2.05, 4.69) is 43.8 Å². The highest BCUT2D eigenvalue weighted by Gasteiger charge is 2.09. The minimum atomic E-state index is 1.16. The number of aromatic nitrogens is 1. The zero-order valence-electron chi connectivity index (χ0n) is 21.7. The molecule has 180 valence electrons. The molecule has 0 bridgehead atoms. The molecule has 0 aliphatic rings. The molecule has 0 N–H and O–H groups in total. The molecule has 0 saturated heterocycles. The zero-order valence-corrected chi connectivity index (χ0v) is 21.7. The average molecular weight is 431 g/mol. The number of hydrogen-bond acceptors (Lipinski definition) is 0. The topological polar surface area (TPSA) is 3.88 Å². The van der Waals surface area contributed by atoms with E-state index in [-0.39, 0.29) is 0 Å². The highest BCUT2D eigenvalue weighted by atomic mass is 14.9. The second-order valence-corrected chi connectivity index (χ2v) is 9.89. The van der Waals surface area contributed by atoms with E-state index in [1.54, 1.807) is 11.1 Å². The fraction of sp³-hybridized carbons (Fsp3) is 0.833. The van der Waals surface area contributed by atoms with E-state index in [9.17, 15) is 0 Å². The van der Waals surface area contributed by atoms with Crippen molar-refractivity contribution >= 4 is 0 Å². The molecule has 31 heavy (non-hydrogen) atoms. The Morgan fingerprint density at radius 2 is 0.903 bits per heavy atom. The van der Waals surface area contributed by atoms with Crippen LogP contribution in [0.1, 0.15) is 154 Å². The molecular formula is C30H56N+. The van der Waals surface area contributed by atoms with Crippen LogP contribution < -0.4 is 4.57 Å². The van der Waals surface area contributed by atoms with Crippen molar-refractivity contribution in [3.05, 3.63) is 29.6 Å². The van der Waals surface area contributed by atoms with Crippen molar-refractivity contribution in [1.82, 2.24) is 0 Å². The molecule has 1 aromatic rings. The van der Waals surface area contributed by atoms with Crippen LogP contribution in [0.25, 0.3) is 0 Å². The Morgan fingerprint density at radius 1 is 0.484 bits per heavy atom. The van der Waals surface area contributed by atoms with E-state index in [1.165, 1.54) is 135 Å². The standard InChI is InChI=1S/C30H56N/c1-4-7-9-11-13-15-17-19-21-23-29-25-27-31(26-6-3)28-30(29)24-22-20-18-16-14-12-10-8-5-2/h25,27-28H,4-24,26H2,1-3H3/q+1. The minimum Gasteiger partial charge on any atom is -0.205 e. The molecule has 0 amide bonds. The van der Waals surface area contributed by atoms with Crippen molar-refractivity contribution in [2.45, 2.75) is 162 Å². The molecule has 1 aromatic heterocycles. The number of nitrogens with zero attached hydrogens (tertiary/aromatic N) is 1. The maximum absolute atomic E-state index is 2.47. The smallest absolute Gasteiger partial charge is 0.172 e. The molecule has 0 saturated carbocycles. The lowest BCUT2D eigenvalue weighted by Gasteiger charge is -2.09. The van der Waals surface area contributed by atoms with Crippen LogP contribution in [0.2, 0.25) is 0 Å². The van der Waals surface area contributed by atoms with Gasteiger partial charge in [-0.05, 0) is 31.2 Å². The van der Waals surface area contributed by atoms with Crippen molar-refractivity contribution in [1.29, 1.82) is 0 Å². The summed E-state index contributed by atoms with van der Waals surface area (Å²) in [5.41, 5.74) is 3.27. The molecule has 0 fully saturated rings. The highest BCUT2D eigenvalue weighted by Crippen LogP contribution is 2.17. The van der Waals surface area contributed by atoms with Crippen molar-refractivity contribution in [2.75, 3.05) is 0 Å². The van der Waals surface area contributed by atoms with Gasteiger partial charge in [-0.3, -0.25) is 0 Å². The van der Waals surface area contributed by atoms with Gasteiger partial charge in [0.15, 0.2) is 12.4 Å². The second-order valence-electron chi connectivity index (χ2n) is 9.89. The van der Waals surface area contributed by atoms with Gasteiger partial charge >= 0.3 is 0 Å². The van der Waals surface area contributed by atoms with Crippen LogP contribution in [0.15, 0.2) is 18.5 Å². The molecule has 0 aromatic carbocycles. The molecule has 0 aliphatic heterocycles. The maximum Gasteiger partial charge on any atom is 0.172 e. The molecule has 0 spiro atoms. The molecule has 0 aliphatic carbocycles. The second kappa shape index (κ2) is 21.0. The molecule has 0 atom stereocenters. The van der Waals surface area contributed by atoms with Crippen LogP contribution in [0.3, 0.4) is 0 Å². The summed E-state index contributed by atoms with van der Waals surface area (Å²) in [6.07, 6.45) is 34.2. The molecule has 1 heteroatoms. The van der Waals surface area contributed by atoms with E-state index in [4.69, 9.17) is 0 Å². The van der Waals surface area contributed by atoms with Gasteiger partial charge in [-0.1, -0.05) is 124 Å². The Hall–Kier alpha value is -0.850. The first-order valence-corrected chi connectivity index (χ1v) is 14.3. The first-order valence-electron chi connectivity index (χ1n) is 14.3. The Labute approximate surface area is 196 Å². The predicted molar refractivity (Wildman–Crippen MR) is 139 cm³/mol. The lowest BCUT2D eigenvalue weighted by molar-refractivity contribution is -0.697. The number of unbranched alkanes of at least 4 members (excludes halogenated alkanes) is 16. The maximum atomic E-state index is 2.47. The van der Waals surface area contributed by atoms with Crippen molar-refractivity contribution in [3.8, 4) is 0 Å². The minimum absolute atomic E-state index is 1.16. The number of rotatable bonds is 22. The summed E-state index contributed by atoms with van der Waals surface area (Å²) in [5.74, 6) is 0. The van der Waals surface area contributed by atoms with Gasteiger partial charge in [0, 0.05) is 18.1 Å². The van der Waals surface area contributed by atoms with Crippen molar-refractivity contribution in [3.63, 3.8) is 0 Å². The average Bonchev–Trinajstić information content (AvgIpc) is 2.78. The molecule has 1 heterocycles. The Bertz CT molecular complexity index is 507. The van der Waals surface area contributed by atoms with Crippen LogP contribution in [-0.4, -0.2) is 0 Å². The molecule has 0 unspecified atom stereocenters. The Morgan fingerprint density at radius 3 is 1.35 bits per heavy atom. The van der Waals surface area contributed by atoms with Gasteiger partial charge in [0.1, 0.15) is 6.54 Å². The van der Waals surface area contributed by atoms with Gasteiger partial charge in [0.2, 0.25) is 0 Å². The SMILES string of the molecule is CCCCCCCCCCCc1cc[n+](CCC)cc1CCCCCCCCCCC. The molecule has 1 rings (SSSR count). The van der Waals surface area contributed by atoms with Crippen LogP contribution in [0.4, 0.5) is 0 Å². The summed E-state index contributed by atoms with van der Waals surface area (Å²) >= 11 is 0. The van der Waals surface area contributed by atoms with Crippen LogP contribution in [0, 0.1) is 0 Å². The number of aryl methyl sites for hydroxylation is 3. The predicted octanol–water partition coefficient (Wildman–Crippen LogP) is 9.53. The fourth-order valence-corrected chi connectivity index (χ4v) is 4.74. The van der Waals surface area contributed by atoms with Gasteiger partial charge in [0.05, 0.1) is 0 Å². The molecular weight excluding hydrogens is 374 g/mol. The van der Waals surface area contributed by atoms with Crippen LogP contribution >= 0.6 is 0 Å². The van der Waals surface area contributed by atoms with Gasteiger partial charge in [-0.25, -0.2) is 4.57 Å². The van der Waals surface area contributed by atoms with E-state index in [0.717, 1.165) is 6.54 Å². The van der Waals surface area contributed by atoms with Gasteiger partial charge < -0.3 is 0 Å². The lowest BCUT2D eigenvalue weighted by Crippen LogP contribution is -2.33. The van der Waals surface area contributed by atoms with E-state index < -0.39 is 0 Å². The summed E-state index contributed by atoms with van der Waals surface area (Å²) in [4.78, 5) is 0. The summed E-state index contributed by atoms with van der Waals surface area (Å²) in [6.45, 7) is 8.04. The van der Waals surface area contributed by atoms with E-state index in [1.807, 2.05) is 0 Å². The third-order valence-electron chi connectivity index (χ3n) is 6.78. The van der Waals surface area contributed by atoms with E-state index >= 15 is 0 Å². The van der Waals surface area contributed by atoms with Gasteiger partial charge in [0.25, 0.3) is 0 Å². The summed E-state index contributed by atoms with van der Waals surface area (Å²) in [7, 11) is 0. The van der Waals surface area contributed by atoms with Crippen LogP contribution in [-0.2, 0) is 19.4 Å². The first kappa shape index (κ1) is 28.2. The van der Waals surface area contributed by atoms with Crippen molar-refractivity contribution in [2.24, 2.45) is 0 Å². The third-order valence-corrected chi connectivity index (χ3v) is 6.78. The molecule has 0 radical (unpaired) electrons. The van der Waals surface area contributed by atoms with Crippen molar-refractivity contribution < 1.29 is 4.57 Å². The Kier molecular flexibility index (Phi) is 19.1. The largest absolute Gasteiger partial charge is 0.205 e. The Balaban J connectivity index is 2.27. The highest BCUT2D eigenvalue weighted by molar-refractivity contribution is 5.21. The normalized spacial score (nSPS) is 11.3.